The number of benzene rings is 1. The number of halogens is 1. The first kappa shape index (κ1) is 11.6. The van der Waals surface area contributed by atoms with Crippen LogP contribution in [-0.2, 0) is 9.31 Å². The highest BCUT2D eigenvalue weighted by Gasteiger charge is 2.32. The van der Waals surface area contributed by atoms with Crippen LogP contribution in [0.3, 0.4) is 0 Å². The molecule has 0 radical (unpaired) electrons. The molecule has 16 heavy (non-hydrogen) atoms. The average Bonchev–Trinajstić information content (AvgIpc) is 2.76. The molecule has 1 aromatic carbocycles. The van der Waals surface area contributed by atoms with Gasteiger partial charge in [0, 0.05) is 0 Å². The van der Waals surface area contributed by atoms with Gasteiger partial charge in [-0.15, -0.1) is 0 Å². The molecule has 1 atom stereocenters. The molecule has 1 aliphatic heterocycles. The Morgan fingerprint density at radius 1 is 1.38 bits per heavy atom. The number of unbranched alkanes of at least 4 members (excludes halogenated alkanes) is 1. The molecule has 0 bridgehead atoms. The first-order chi connectivity index (χ1) is 7.79. The van der Waals surface area contributed by atoms with Gasteiger partial charge in [0.15, 0.2) is 0 Å². The second kappa shape index (κ2) is 5.46. The van der Waals surface area contributed by atoms with Crippen molar-refractivity contribution in [3.8, 4) is 0 Å². The third-order valence-electron chi connectivity index (χ3n) is 2.77. The van der Waals surface area contributed by atoms with Gasteiger partial charge in [-0.1, -0.05) is 31.9 Å². The maximum absolute atomic E-state index is 12.7. The molecule has 0 N–H and O–H groups in total. The summed E-state index contributed by atoms with van der Waals surface area (Å²) >= 11 is 0. The van der Waals surface area contributed by atoms with Gasteiger partial charge in [-0.3, -0.25) is 0 Å². The third-order valence-corrected chi connectivity index (χ3v) is 2.77. The van der Waals surface area contributed by atoms with Gasteiger partial charge in [0.1, 0.15) is 5.82 Å². The molecule has 0 aromatic heterocycles. The molecule has 86 valence electrons. The minimum absolute atomic E-state index is 0.190. The maximum Gasteiger partial charge on any atom is 0.494 e. The Morgan fingerprint density at radius 3 is 2.81 bits per heavy atom. The fourth-order valence-corrected chi connectivity index (χ4v) is 1.83. The van der Waals surface area contributed by atoms with Crippen molar-refractivity contribution in [2.45, 2.75) is 32.3 Å². The summed E-state index contributed by atoms with van der Waals surface area (Å²) in [7, 11) is -0.317. The van der Waals surface area contributed by atoms with Crippen LogP contribution in [0.25, 0.3) is 0 Å². The fourth-order valence-electron chi connectivity index (χ4n) is 1.83. The zero-order valence-corrected chi connectivity index (χ0v) is 9.49. The van der Waals surface area contributed by atoms with Crippen LogP contribution in [0.15, 0.2) is 24.3 Å². The van der Waals surface area contributed by atoms with E-state index in [4.69, 9.17) is 9.31 Å². The lowest BCUT2D eigenvalue weighted by Gasteiger charge is -2.08. The van der Waals surface area contributed by atoms with Crippen LogP contribution in [-0.4, -0.2) is 19.8 Å². The molecule has 0 spiro atoms. The fraction of sp³-hybridized carbons (Fsp3) is 0.500. The van der Waals surface area contributed by atoms with Gasteiger partial charge in [0.25, 0.3) is 0 Å². The summed E-state index contributed by atoms with van der Waals surface area (Å²) in [6, 6.07) is 6.28. The molecule has 1 aromatic rings. The van der Waals surface area contributed by atoms with Crippen molar-refractivity contribution < 1.29 is 13.7 Å². The topological polar surface area (TPSA) is 18.5 Å². The molecule has 4 heteroatoms. The standard InChI is InChI=1S/C12H16BFO2/c1-2-3-4-12-9-15-13(16-12)10-5-7-11(14)8-6-10/h5-8,12H,2-4,9H2,1H3. The summed E-state index contributed by atoms with van der Waals surface area (Å²) in [4.78, 5) is 0. The first-order valence-corrected chi connectivity index (χ1v) is 5.82. The van der Waals surface area contributed by atoms with E-state index < -0.39 is 0 Å². The molecular weight excluding hydrogens is 206 g/mol. The van der Waals surface area contributed by atoms with Gasteiger partial charge in [-0.25, -0.2) is 4.39 Å². The van der Waals surface area contributed by atoms with Gasteiger partial charge in [0.2, 0.25) is 0 Å². The predicted molar refractivity (Wildman–Crippen MR) is 62.1 cm³/mol. The van der Waals surface area contributed by atoms with Gasteiger partial charge < -0.3 is 9.31 Å². The van der Waals surface area contributed by atoms with E-state index in [-0.39, 0.29) is 19.0 Å². The largest absolute Gasteiger partial charge is 0.494 e. The highest BCUT2D eigenvalue weighted by Crippen LogP contribution is 2.14. The van der Waals surface area contributed by atoms with E-state index in [9.17, 15) is 4.39 Å². The van der Waals surface area contributed by atoms with Gasteiger partial charge in [-0.05, 0) is 24.0 Å². The number of rotatable bonds is 4. The summed E-state index contributed by atoms with van der Waals surface area (Å²) in [6.07, 6.45) is 3.55. The van der Waals surface area contributed by atoms with E-state index in [1.165, 1.54) is 18.6 Å². The maximum atomic E-state index is 12.7. The van der Waals surface area contributed by atoms with Gasteiger partial charge in [0.05, 0.1) is 12.7 Å². The molecule has 0 amide bonds. The molecule has 2 nitrogen and oxygen atoms in total. The van der Waals surface area contributed by atoms with Crippen LogP contribution in [0.1, 0.15) is 26.2 Å². The summed E-state index contributed by atoms with van der Waals surface area (Å²) in [6.45, 7) is 2.80. The highest BCUT2D eigenvalue weighted by atomic mass is 19.1. The lowest BCUT2D eigenvalue weighted by atomic mass is 9.79. The van der Waals surface area contributed by atoms with E-state index in [1.807, 2.05) is 0 Å². The minimum atomic E-state index is -0.317. The molecule has 1 heterocycles. The second-order valence-electron chi connectivity index (χ2n) is 4.12. The predicted octanol–water partition coefficient (Wildman–Crippen LogP) is 2.13. The lowest BCUT2D eigenvalue weighted by molar-refractivity contribution is 0.219. The Morgan fingerprint density at radius 2 is 2.12 bits per heavy atom. The first-order valence-electron chi connectivity index (χ1n) is 5.82. The normalized spacial score (nSPS) is 20.4. The van der Waals surface area contributed by atoms with Crippen LogP contribution in [0.4, 0.5) is 4.39 Å². The monoisotopic (exact) mass is 222 g/mol. The third kappa shape index (κ3) is 2.83. The molecule has 1 fully saturated rings. The Bertz CT molecular complexity index is 328. The minimum Gasteiger partial charge on any atom is -0.405 e. The van der Waals surface area contributed by atoms with Crippen molar-refractivity contribution in [2.75, 3.05) is 6.61 Å². The van der Waals surface area contributed by atoms with Crippen molar-refractivity contribution in [1.82, 2.24) is 0 Å². The molecule has 0 saturated carbocycles. The molecule has 1 saturated heterocycles. The Labute approximate surface area is 95.9 Å². The molecule has 0 aliphatic carbocycles. The second-order valence-corrected chi connectivity index (χ2v) is 4.12. The van der Waals surface area contributed by atoms with E-state index in [2.05, 4.69) is 6.92 Å². The van der Waals surface area contributed by atoms with Crippen LogP contribution in [0, 0.1) is 5.82 Å². The van der Waals surface area contributed by atoms with Gasteiger partial charge >= 0.3 is 7.12 Å². The van der Waals surface area contributed by atoms with Gasteiger partial charge in [-0.2, -0.15) is 0 Å². The summed E-state index contributed by atoms with van der Waals surface area (Å²) in [5, 5.41) is 0. The molecule has 2 rings (SSSR count). The quantitative estimate of drug-likeness (QED) is 0.726. The Hall–Kier alpha value is -0.865. The van der Waals surface area contributed by atoms with Crippen molar-refractivity contribution in [3.05, 3.63) is 30.1 Å². The van der Waals surface area contributed by atoms with Crippen LogP contribution in [0.5, 0.6) is 0 Å². The smallest absolute Gasteiger partial charge is 0.405 e. The van der Waals surface area contributed by atoms with Crippen molar-refractivity contribution in [3.63, 3.8) is 0 Å². The highest BCUT2D eigenvalue weighted by molar-refractivity contribution is 6.61. The van der Waals surface area contributed by atoms with Crippen LogP contribution < -0.4 is 5.46 Å². The van der Waals surface area contributed by atoms with Crippen LogP contribution >= 0.6 is 0 Å². The van der Waals surface area contributed by atoms with E-state index in [0.717, 1.165) is 18.3 Å². The van der Waals surface area contributed by atoms with Crippen molar-refractivity contribution >= 4 is 12.6 Å². The number of hydrogen-bond donors (Lipinski definition) is 0. The zero-order chi connectivity index (χ0) is 11.4. The molecular formula is C12H16BFO2. The number of hydrogen-bond acceptors (Lipinski definition) is 2. The average molecular weight is 222 g/mol. The Balaban J connectivity index is 1.90. The van der Waals surface area contributed by atoms with E-state index in [1.54, 1.807) is 12.1 Å². The Kier molecular flexibility index (Phi) is 3.96. The lowest BCUT2D eigenvalue weighted by Crippen LogP contribution is -2.32. The van der Waals surface area contributed by atoms with Crippen molar-refractivity contribution in [1.29, 1.82) is 0 Å². The molecule has 1 aliphatic rings. The summed E-state index contributed by atoms with van der Waals surface area (Å²) in [5.41, 5.74) is 0.889. The van der Waals surface area contributed by atoms with Crippen LogP contribution in [0.2, 0.25) is 0 Å². The van der Waals surface area contributed by atoms with Crippen molar-refractivity contribution in [2.24, 2.45) is 0 Å². The summed E-state index contributed by atoms with van der Waals surface area (Å²) in [5.74, 6) is -0.232. The SMILES string of the molecule is CCCCC1COB(c2ccc(F)cc2)O1. The molecule has 1 unspecified atom stereocenters. The zero-order valence-electron chi connectivity index (χ0n) is 9.49. The van der Waals surface area contributed by atoms with E-state index in [0.29, 0.717) is 6.61 Å². The summed E-state index contributed by atoms with van der Waals surface area (Å²) < 4.78 is 24.0. The van der Waals surface area contributed by atoms with E-state index >= 15 is 0 Å².